The maximum atomic E-state index is 4.54. The van der Waals surface area contributed by atoms with Crippen LogP contribution in [0.4, 0.5) is 11.6 Å². The van der Waals surface area contributed by atoms with Crippen LogP contribution in [0.1, 0.15) is 38.2 Å². The van der Waals surface area contributed by atoms with Gasteiger partial charge in [-0.25, -0.2) is 9.97 Å². The average Bonchev–Trinajstić information content (AvgIpc) is 2.82. The van der Waals surface area contributed by atoms with Crippen LogP contribution in [0.25, 0.3) is 0 Å². The van der Waals surface area contributed by atoms with Crippen molar-refractivity contribution in [3.8, 4) is 0 Å². The summed E-state index contributed by atoms with van der Waals surface area (Å²) in [7, 11) is 1.91. The van der Waals surface area contributed by atoms with Crippen molar-refractivity contribution >= 4 is 11.6 Å². The molecule has 0 saturated carbocycles. The summed E-state index contributed by atoms with van der Waals surface area (Å²) in [5.41, 5.74) is 0.988. The zero-order valence-corrected chi connectivity index (χ0v) is 12.5. The van der Waals surface area contributed by atoms with E-state index < -0.39 is 0 Å². The number of hydrogen-bond acceptors (Lipinski definition) is 5. The first-order valence-electron chi connectivity index (χ1n) is 6.93. The molecule has 0 radical (unpaired) electrons. The summed E-state index contributed by atoms with van der Waals surface area (Å²) in [6.07, 6.45) is 1.93. The van der Waals surface area contributed by atoms with Gasteiger partial charge in [-0.3, -0.25) is 4.68 Å². The zero-order valence-electron chi connectivity index (χ0n) is 12.5. The molecule has 0 bridgehead atoms. The second-order valence-corrected chi connectivity index (χ2v) is 5.02. The summed E-state index contributed by atoms with van der Waals surface area (Å²) in [4.78, 5) is 9.04. The molecule has 6 heteroatoms. The topological polar surface area (TPSA) is 67.7 Å². The van der Waals surface area contributed by atoms with Crippen molar-refractivity contribution in [2.75, 3.05) is 17.2 Å². The van der Waals surface area contributed by atoms with Crippen molar-refractivity contribution in [1.82, 2.24) is 19.7 Å². The molecule has 0 unspecified atom stereocenters. The SMILES string of the molecule is CCNc1cc(NCc2ccn(C)n2)nc(C(C)C)n1. The average molecular weight is 274 g/mol. The van der Waals surface area contributed by atoms with E-state index in [1.54, 1.807) is 4.68 Å². The highest BCUT2D eigenvalue weighted by Gasteiger charge is 2.08. The molecule has 2 N–H and O–H groups in total. The number of nitrogens with zero attached hydrogens (tertiary/aromatic N) is 4. The fraction of sp³-hybridized carbons (Fsp3) is 0.500. The molecule has 0 atom stereocenters. The van der Waals surface area contributed by atoms with Gasteiger partial charge in [-0.15, -0.1) is 0 Å². The van der Waals surface area contributed by atoms with Gasteiger partial charge >= 0.3 is 0 Å². The molecule has 2 aromatic heterocycles. The third kappa shape index (κ3) is 3.69. The molecule has 0 amide bonds. The van der Waals surface area contributed by atoms with Crippen molar-refractivity contribution < 1.29 is 0 Å². The van der Waals surface area contributed by atoms with Crippen LogP contribution in [-0.2, 0) is 13.6 Å². The van der Waals surface area contributed by atoms with Gasteiger partial charge in [-0.05, 0) is 13.0 Å². The first kappa shape index (κ1) is 14.3. The maximum Gasteiger partial charge on any atom is 0.135 e. The van der Waals surface area contributed by atoms with Gasteiger partial charge in [-0.1, -0.05) is 13.8 Å². The fourth-order valence-electron chi connectivity index (χ4n) is 1.82. The van der Waals surface area contributed by atoms with E-state index in [0.717, 1.165) is 29.7 Å². The summed E-state index contributed by atoms with van der Waals surface area (Å²) in [6.45, 7) is 7.73. The van der Waals surface area contributed by atoms with Crippen LogP contribution in [-0.4, -0.2) is 26.3 Å². The van der Waals surface area contributed by atoms with Gasteiger partial charge in [0.2, 0.25) is 0 Å². The lowest BCUT2D eigenvalue weighted by atomic mass is 10.2. The zero-order chi connectivity index (χ0) is 14.5. The van der Waals surface area contributed by atoms with Gasteiger partial charge in [0, 0.05) is 31.8 Å². The number of aromatic nitrogens is 4. The van der Waals surface area contributed by atoms with E-state index in [4.69, 9.17) is 0 Å². The van der Waals surface area contributed by atoms with E-state index >= 15 is 0 Å². The predicted molar refractivity (Wildman–Crippen MR) is 80.8 cm³/mol. The normalized spacial score (nSPS) is 10.8. The van der Waals surface area contributed by atoms with E-state index in [2.05, 4.69) is 46.5 Å². The van der Waals surface area contributed by atoms with Crippen LogP contribution in [0.5, 0.6) is 0 Å². The van der Waals surface area contributed by atoms with Gasteiger partial charge in [0.15, 0.2) is 0 Å². The molecule has 108 valence electrons. The summed E-state index contributed by atoms with van der Waals surface area (Å²) in [5, 5.41) is 10.9. The Morgan fingerprint density at radius 3 is 2.45 bits per heavy atom. The number of rotatable bonds is 6. The van der Waals surface area contributed by atoms with Gasteiger partial charge in [-0.2, -0.15) is 5.10 Å². The Morgan fingerprint density at radius 1 is 1.20 bits per heavy atom. The Balaban J connectivity index is 2.13. The number of aryl methyl sites for hydroxylation is 1. The molecule has 0 aliphatic rings. The molecule has 2 aromatic rings. The van der Waals surface area contributed by atoms with Crippen molar-refractivity contribution in [2.24, 2.45) is 7.05 Å². The van der Waals surface area contributed by atoms with E-state index in [9.17, 15) is 0 Å². The third-order valence-electron chi connectivity index (χ3n) is 2.84. The maximum absolute atomic E-state index is 4.54. The first-order chi connectivity index (χ1) is 9.58. The second-order valence-electron chi connectivity index (χ2n) is 5.02. The lowest BCUT2D eigenvalue weighted by Crippen LogP contribution is -2.09. The molecule has 20 heavy (non-hydrogen) atoms. The largest absolute Gasteiger partial charge is 0.370 e. The minimum absolute atomic E-state index is 0.295. The number of anilines is 2. The van der Waals surface area contributed by atoms with Crippen LogP contribution in [0.3, 0.4) is 0 Å². The Hall–Kier alpha value is -2.11. The van der Waals surface area contributed by atoms with Crippen LogP contribution < -0.4 is 10.6 Å². The molecular formula is C14H22N6. The van der Waals surface area contributed by atoms with Gasteiger partial charge in [0.25, 0.3) is 0 Å². The van der Waals surface area contributed by atoms with Crippen molar-refractivity contribution in [3.05, 3.63) is 29.8 Å². The summed E-state index contributed by atoms with van der Waals surface area (Å²) >= 11 is 0. The second kappa shape index (κ2) is 6.36. The molecule has 0 aromatic carbocycles. The monoisotopic (exact) mass is 274 g/mol. The fourth-order valence-corrected chi connectivity index (χ4v) is 1.82. The van der Waals surface area contributed by atoms with E-state index in [0.29, 0.717) is 12.5 Å². The minimum atomic E-state index is 0.295. The van der Waals surface area contributed by atoms with Crippen LogP contribution >= 0.6 is 0 Å². The minimum Gasteiger partial charge on any atom is -0.370 e. The lowest BCUT2D eigenvalue weighted by Gasteiger charge is -2.11. The van der Waals surface area contributed by atoms with Crippen molar-refractivity contribution in [2.45, 2.75) is 33.2 Å². The quantitative estimate of drug-likeness (QED) is 0.846. The van der Waals surface area contributed by atoms with Gasteiger partial charge in [0.05, 0.1) is 12.2 Å². The molecule has 2 rings (SSSR count). The summed E-state index contributed by atoms with van der Waals surface area (Å²) in [6, 6.07) is 3.92. The smallest absolute Gasteiger partial charge is 0.135 e. The third-order valence-corrected chi connectivity index (χ3v) is 2.84. The Bertz CT molecular complexity index is 561. The van der Waals surface area contributed by atoms with Crippen molar-refractivity contribution in [3.63, 3.8) is 0 Å². The molecule has 6 nitrogen and oxygen atoms in total. The molecule has 0 saturated heterocycles. The van der Waals surface area contributed by atoms with Gasteiger partial charge < -0.3 is 10.6 Å². The Labute approximate surface area is 119 Å². The standard InChI is InChI=1S/C14H22N6/c1-5-15-12-8-13(18-14(17-12)10(2)3)16-9-11-6-7-20(4)19-11/h6-8,10H,5,9H2,1-4H3,(H2,15,16,17,18). The van der Waals surface area contributed by atoms with Crippen LogP contribution in [0.2, 0.25) is 0 Å². The number of hydrogen-bond donors (Lipinski definition) is 2. The number of nitrogens with one attached hydrogen (secondary N) is 2. The van der Waals surface area contributed by atoms with Crippen molar-refractivity contribution in [1.29, 1.82) is 0 Å². The predicted octanol–water partition coefficient (Wildman–Crippen LogP) is 2.38. The molecule has 0 spiro atoms. The molecule has 0 fully saturated rings. The molecule has 0 aliphatic heterocycles. The molecular weight excluding hydrogens is 252 g/mol. The van der Waals surface area contributed by atoms with Gasteiger partial charge in [0.1, 0.15) is 17.5 Å². The van der Waals surface area contributed by atoms with Crippen LogP contribution in [0, 0.1) is 0 Å². The summed E-state index contributed by atoms with van der Waals surface area (Å²) < 4.78 is 1.79. The molecule has 0 aliphatic carbocycles. The highest BCUT2D eigenvalue weighted by atomic mass is 15.3. The highest BCUT2D eigenvalue weighted by Crippen LogP contribution is 2.17. The van der Waals surface area contributed by atoms with E-state index in [1.807, 2.05) is 25.4 Å². The van der Waals surface area contributed by atoms with E-state index in [-0.39, 0.29) is 0 Å². The Kier molecular flexibility index (Phi) is 4.55. The highest BCUT2D eigenvalue weighted by molar-refractivity contribution is 5.47. The Morgan fingerprint density at radius 2 is 1.90 bits per heavy atom. The lowest BCUT2D eigenvalue weighted by molar-refractivity contribution is 0.745. The summed E-state index contributed by atoms with van der Waals surface area (Å²) in [5.74, 6) is 2.82. The van der Waals surface area contributed by atoms with Crippen LogP contribution in [0.15, 0.2) is 18.3 Å². The van der Waals surface area contributed by atoms with E-state index in [1.165, 1.54) is 0 Å². The molecule has 2 heterocycles. The first-order valence-corrected chi connectivity index (χ1v) is 6.93.